The van der Waals surface area contributed by atoms with Gasteiger partial charge in [0.1, 0.15) is 23.2 Å². The van der Waals surface area contributed by atoms with E-state index in [9.17, 15) is 27.2 Å². The van der Waals surface area contributed by atoms with E-state index in [2.05, 4.69) is 10.6 Å². The predicted molar refractivity (Wildman–Crippen MR) is 172 cm³/mol. The van der Waals surface area contributed by atoms with Crippen molar-refractivity contribution < 1.29 is 27.1 Å². The van der Waals surface area contributed by atoms with Crippen LogP contribution >= 0.6 is 0 Å². The van der Waals surface area contributed by atoms with Crippen molar-refractivity contribution in [3.8, 4) is 11.4 Å². The average molecular weight is 658 g/mol. The smallest absolute Gasteiger partial charge is 0.419 e. The Balaban J connectivity index is 1.50. The molecule has 0 spiro atoms. The maximum absolute atomic E-state index is 14.1. The molecule has 12 heteroatoms. The predicted octanol–water partition coefficient (Wildman–Crippen LogP) is 6.45. The summed E-state index contributed by atoms with van der Waals surface area (Å²) in [5, 5.41) is 6.77. The molecule has 3 aromatic rings. The molecule has 254 valence electrons. The number of alkyl halides is 3. The minimum absolute atomic E-state index is 0.0426. The Morgan fingerprint density at radius 2 is 1.89 bits per heavy atom. The number of nitrogens with zero attached hydrogens (tertiary/aromatic N) is 3. The Morgan fingerprint density at radius 1 is 1.15 bits per heavy atom. The van der Waals surface area contributed by atoms with Gasteiger partial charge >= 0.3 is 6.18 Å². The quantitative estimate of drug-likeness (QED) is 0.206. The van der Waals surface area contributed by atoms with E-state index in [1.54, 1.807) is 36.1 Å². The molecule has 2 heterocycles. The van der Waals surface area contributed by atoms with Gasteiger partial charge in [0, 0.05) is 19.1 Å². The van der Waals surface area contributed by atoms with Gasteiger partial charge in [-0.1, -0.05) is 12.5 Å². The molecule has 2 aromatic carbocycles. The first-order valence-corrected chi connectivity index (χ1v) is 16.5. The van der Waals surface area contributed by atoms with Crippen LogP contribution in [0.4, 0.5) is 23.4 Å². The molecule has 2 aliphatic rings. The van der Waals surface area contributed by atoms with Crippen LogP contribution in [0, 0.1) is 11.7 Å². The van der Waals surface area contributed by atoms with Crippen molar-refractivity contribution >= 4 is 11.7 Å². The zero-order valence-corrected chi connectivity index (χ0v) is 27.1. The Labute approximate surface area is 272 Å². The molecule has 1 fully saturated rings. The molecular formula is C35H43F4N5O3. The average Bonchev–Trinajstić information content (AvgIpc) is 3.01. The van der Waals surface area contributed by atoms with Crippen LogP contribution in [0.5, 0.6) is 5.75 Å². The number of nitrogens with one attached hydrogen (secondary N) is 2. The second-order valence-corrected chi connectivity index (χ2v) is 12.5. The van der Waals surface area contributed by atoms with E-state index in [1.165, 1.54) is 29.9 Å². The number of hydrogen-bond acceptors (Lipinski definition) is 6. The molecule has 1 aromatic heterocycles. The van der Waals surface area contributed by atoms with E-state index in [0.29, 0.717) is 66.6 Å². The SMILES string of the molecule is CCOc1ccc(-n2c([C@@H](C)N(CCC(C)NCC3CCC3)C(=O)Cc3ccc(F)c(C(F)(F)F)c3)nc3c(c2=O)CCCN3)cc1. The molecule has 0 radical (unpaired) electrons. The maximum atomic E-state index is 14.1. The first kappa shape index (κ1) is 34.4. The van der Waals surface area contributed by atoms with E-state index in [4.69, 9.17) is 9.72 Å². The number of anilines is 1. The fourth-order valence-electron chi connectivity index (χ4n) is 6.15. The summed E-state index contributed by atoms with van der Waals surface area (Å²) >= 11 is 0. The normalized spacial score (nSPS) is 16.1. The third-order valence-electron chi connectivity index (χ3n) is 9.14. The Kier molecular flexibility index (Phi) is 10.9. The lowest BCUT2D eigenvalue weighted by Gasteiger charge is -2.33. The molecule has 2 atom stereocenters. The van der Waals surface area contributed by atoms with Gasteiger partial charge in [0.25, 0.3) is 5.56 Å². The summed E-state index contributed by atoms with van der Waals surface area (Å²) in [6, 6.07) is 9.02. The van der Waals surface area contributed by atoms with E-state index in [1.807, 2.05) is 13.8 Å². The van der Waals surface area contributed by atoms with Crippen LogP contribution in [-0.2, 0) is 23.8 Å². The van der Waals surface area contributed by atoms with Gasteiger partial charge in [-0.2, -0.15) is 13.2 Å². The lowest BCUT2D eigenvalue weighted by atomic mass is 9.85. The number of rotatable bonds is 13. The van der Waals surface area contributed by atoms with Gasteiger partial charge in [-0.05, 0) is 107 Å². The molecule has 1 amide bonds. The minimum atomic E-state index is -4.90. The highest BCUT2D eigenvalue weighted by Gasteiger charge is 2.35. The van der Waals surface area contributed by atoms with Crippen LogP contribution in [0.2, 0.25) is 0 Å². The molecule has 5 rings (SSSR count). The molecule has 0 saturated heterocycles. The van der Waals surface area contributed by atoms with Crippen LogP contribution in [0.15, 0.2) is 47.3 Å². The number of hydrogen-bond donors (Lipinski definition) is 2. The highest BCUT2D eigenvalue weighted by Crippen LogP contribution is 2.33. The Morgan fingerprint density at radius 3 is 2.55 bits per heavy atom. The standard InChI is InChI=1S/C35H43F4N5O3/c1-4-47-27-13-11-26(12-14-27)44-33(42-32-28(34(44)46)9-6-17-40-32)23(3)43(18-16-22(2)41-21-24-7-5-8-24)31(45)20-25-10-15-30(36)29(19-25)35(37,38)39/h10-15,19,22-24,40-41H,4-9,16-18,20-21H2,1-3H3/t22?,23-/m1/s1. The van der Waals surface area contributed by atoms with E-state index in [0.717, 1.165) is 19.0 Å². The number of fused-ring (bicyclic) bond motifs is 1. The van der Waals surface area contributed by atoms with E-state index in [-0.39, 0.29) is 30.1 Å². The summed E-state index contributed by atoms with van der Waals surface area (Å²) < 4.78 is 61.7. The molecule has 1 aliphatic heterocycles. The van der Waals surface area contributed by atoms with Crippen LogP contribution in [0.1, 0.15) is 81.4 Å². The van der Waals surface area contributed by atoms with Crippen molar-refractivity contribution in [3.05, 3.63) is 81.2 Å². The van der Waals surface area contributed by atoms with Crippen LogP contribution < -0.4 is 20.9 Å². The fourth-order valence-corrected chi connectivity index (χ4v) is 6.15. The number of aromatic nitrogens is 2. The van der Waals surface area contributed by atoms with Crippen molar-refractivity contribution in [1.29, 1.82) is 0 Å². The lowest BCUT2D eigenvalue weighted by molar-refractivity contribution is -0.140. The number of carbonyl (C=O) groups excluding carboxylic acids is 1. The first-order chi connectivity index (χ1) is 22.5. The van der Waals surface area contributed by atoms with Gasteiger partial charge in [-0.25, -0.2) is 9.37 Å². The van der Waals surface area contributed by atoms with Gasteiger partial charge in [0.05, 0.1) is 35.9 Å². The molecule has 47 heavy (non-hydrogen) atoms. The molecule has 8 nitrogen and oxygen atoms in total. The third kappa shape index (κ3) is 8.14. The Hall–Kier alpha value is -3.93. The molecule has 1 saturated carbocycles. The topological polar surface area (TPSA) is 88.5 Å². The van der Waals surface area contributed by atoms with Crippen molar-refractivity contribution in [3.63, 3.8) is 0 Å². The molecule has 1 aliphatic carbocycles. The second kappa shape index (κ2) is 14.9. The molecule has 2 N–H and O–H groups in total. The van der Waals surface area contributed by atoms with Crippen LogP contribution in [-0.4, -0.2) is 52.6 Å². The summed E-state index contributed by atoms with van der Waals surface area (Å²) in [5.74, 6) is 0.236. The highest BCUT2D eigenvalue weighted by molar-refractivity contribution is 5.79. The molecule has 1 unspecified atom stereocenters. The Bertz CT molecular complexity index is 1600. The van der Waals surface area contributed by atoms with Gasteiger partial charge in [-0.15, -0.1) is 0 Å². The minimum Gasteiger partial charge on any atom is -0.494 e. The zero-order valence-electron chi connectivity index (χ0n) is 27.1. The van der Waals surface area contributed by atoms with Crippen molar-refractivity contribution in [2.75, 3.05) is 31.6 Å². The van der Waals surface area contributed by atoms with Gasteiger partial charge in [0.2, 0.25) is 5.91 Å². The third-order valence-corrected chi connectivity index (χ3v) is 9.14. The van der Waals surface area contributed by atoms with E-state index >= 15 is 0 Å². The number of amides is 1. The first-order valence-electron chi connectivity index (χ1n) is 16.5. The van der Waals surface area contributed by atoms with E-state index < -0.39 is 29.5 Å². The molecule has 0 bridgehead atoms. The summed E-state index contributed by atoms with van der Waals surface area (Å²) in [6.07, 6.45) is 0.240. The number of carbonyl (C=O) groups is 1. The molecular weight excluding hydrogens is 614 g/mol. The maximum Gasteiger partial charge on any atom is 0.419 e. The van der Waals surface area contributed by atoms with Crippen molar-refractivity contribution in [2.24, 2.45) is 5.92 Å². The number of ether oxygens (including phenoxy) is 1. The highest BCUT2D eigenvalue weighted by atomic mass is 19.4. The van der Waals surface area contributed by atoms with Gasteiger partial charge in [-0.3, -0.25) is 14.2 Å². The fraction of sp³-hybridized carbons (Fsp3) is 0.514. The number of benzene rings is 2. The van der Waals surface area contributed by atoms with Crippen molar-refractivity contribution in [1.82, 2.24) is 19.8 Å². The van der Waals surface area contributed by atoms with Gasteiger partial charge in [0.15, 0.2) is 0 Å². The van der Waals surface area contributed by atoms with Crippen LogP contribution in [0.3, 0.4) is 0 Å². The summed E-state index contributed by atoms with van der Waals surface area (Å²) in [6.45, 7) is 7.97. The second-order valence-electron chi connectivity index (χ2n) is 12.5. The zero-order chi connectivity index (χ0) is 33.7. The van der Waals surface area contributed by atoms with Gasteiger partial charge < -0.3 is 20.3 Å². The van der Waals surface area contributed by atoms with Crippen LogP contribution in [0.25, 0.3) is 5.69 Å². The number of halogens is 4. The van der Waals surface area contributed by atoms with Crippen molar-refractivity contribution in [2.45, 2.75) is 84.0 Å². The lowest BCUT2D eigenvalue weighted by Crippen LogP contribution is -2.42. The summed E-state index contributed by atoms with van der Waals surface area (Å²) in [4.78, 5) is 34.5. The largest absolute Gasteiger partial charge is 0.494 e. The summed E-state index contributed by atoms with van der Waals surface area (Å²) in [5.41, 5.74) is -0.509. The summed E-state index contributed by atoms with van der Waals surface area (Å²) in [7, 11) is 0. The monoisotopic (exact) mass is 657 g/mol.